The van der Waals surface area contributed by atoms with Crippen LogP contribution in [-0.4, -0.2) is 26.0 Å². The molecule has 130 valence electrons. The molecule has 0 saturated heterocycles. The molecule has 1 aromatic rings. The van der Waals surface area contributed by atoms with E-state index < -0.39 is 14.3 Å². The number of carbonyl (C=O) groups is 1. The summed E-state index contributed by atoms with van der Waals surface area (Å²) in [6.07, 6.45) is 5.96. The minimum absolute atomic E-state index is 0.360. The number of aromatic carboxylic acids is 1. The first-order valence-corrected chi connectivity index (χ1v) is 11.6. The molecule has 3 nitrogen and oxygen atoms in total. The second kappa shape index (κ2) is 10.6. The number of aryl methyl sites for hydroxylation is 1. The number of unbranched alkanes of at least 4 members (excludes halogenated alkanes) is 2. The Morgan fingerprint density at radius 3 is 2.00 bits per heavy atom. The van der Waals surface area contributed by atoms with Gasteiger partial charge in [-0.25, -0.2) is 4.79 Å². The quantitative estimate of drug-likeness (QED) is 0.512. The van der Waals surface area contributed by atoms with E-state index in [-0.39, 0.29) is 0 Å². The summed E-state index contributed by atoms with van der Waals surface area (Å²) in [5, 5.41) is 8.99. The smallest absolute Gasteiger partial charge is 0.335 e. The van der Waals surface area contributed by atoms with Gasteiger partial charge in [0.25, 0.3) is 0 Å². The molecule has 0 bridgehead atoms. The molecular weight excluding hydrogens is 304 g/mol. The average molecular weight is 337 g/mol. The summed E-state index contributed by atoms with van der Waals surface area (Å²) in [6.45, 7) is 7.42. The first kappa shape index (κ1) is 19.9. The minimum atomic E-state index is -1.67. The second-order valence-corrected chi connectivity index (χ2v) is 10.5. The van der Waals surface area contributed by atoms with E-state index in [0.29, 0.717) is 5.56 Å². The van der Waals surface area contributed by atoms with Gasteiger partial charge in [-0.1, -0.05) is 51.7 Å². The van der Waals surface area contributed by atoms with Crippen molar-refractivity contribution in [2.24, 2.45) is 0 Å². The third kappa shape index (κ3) is 6.88. The first-order chi connectivity index (χ1) is 11.1. The Kier molecular flexibility index (Phi) is 9.18. The monoisotopic (exact) mass is 336 g/mol. The molecule has 0 aliphatic heterocycles. The average Bonchev–Trinajstić information content (AvgIpc) is 2.56. The molecule has 0 radical (unpaired) electrons. The molecule has 0 fully saturated rings. The van der Waals surface area contributed by atoms with Gasteiger partial charge in [0.2, 0.25) is 0 Å². The summed E-state index contributed by atoms with van der Waals surface area (Å²) in [6, 6.07) is 11.0. The van der Waals surface area contributed by atoms with Gasteiger partial charge in [0.15, 0.2) is 8.32 Å². The van der Waals surface area contributed by atoms with Crippen LogP contribution in [0.15, 0.2) is 24.3 Å². The van der Waals surface area contributed by atoms with E-state index in [4.69, 9.17) is 9.53 Å². The summed E-state index contributed by atoms with van der Waals surface area (Å²) >= 11 is 0. The van der Waals surface area contributed by atoms with Gasteiger partial charge in [-0.15, -0.1) is 0 Å². The maximum Gasteiger partial charge on any atom is 0.335 e. The molecule has 4 heteroatoms. The Morgan fingerprint density at radius 1 is 1.00 bits per heavy atom. The molecule has 0 aliphatic rings. The highest BCUT2D eigenvalue weighted by molar-refractivity contribution is 6.73. The first-order valence-electron chi connectivity index (χ1n) is 9.03. The lowest BCUT2D eigenvalue weighted by atomic mass is 10.1. The Bertz CT molecular complexity index is 448. The van der Waals surface area contributed by atoms with Crippen molar-refractivity contribution in [3.63, 3.8) is 0 Å². The van der Waals surface area contributed by atoms with Crippen molar-refractivity contribution in [3.8, 4) is 0 Å². The van der Waals surface area contributed by atoms with Gasteiger partial charge in [0, 0.05) is 6.61 Å². The predicted octanol–water partition coefficient (Wildman–Crippen LogP) is 5.51. The Hall–Kier alpha value is -1.13. The molecule has 1 aromatic carbocycles. The van der Waals surface area contributed by atoms with Gasteiger partial charge in [-0.05, 0) is 49.2 Å². The molecular formula is C19H32O3Si. The van der Waals surface area contributed by atoms with E-state index in [2.05, 4.69) is 20.8 Å². The maximum absolute atomic E-state index is 10.9. The fourth-order valence-corrected chi connectivity index (χ4v) is 7.62. The fraction of sp³-hybridized carbons (Fsp3) is 0.632. The molecule has 1 rings (SSSR count). The van der Waals surface area contributed by atoms with Gasteiger partial charge >= 0.3 is 5.97 Å². The molecule has 0 atom stereocenters. The summed E-state index contributed by atoms with van der Waals surface area (Å²) in [5.41, 5.74) is 1.58. The van der Waals surface area contributed by atoms with Gasteiger partial charge in [-0.2, -0.15) is 0 Å². The fourth-order valence-electron chi connectivity index (χ4n) is 3.08. The van der Waals surface area contributed by atoms with Crippen LogP contribution in [0, 0.1) is 0 Å². The van der Waals surface area contributed by atoms with E-state index >= 15 is 0 Å². The largest absolute Gasteiger partial charge is 0.478 e. The minimum Gasteiger partial charge on any atom is -0.478 e. The van der Waals surface area contributed by atoms with Crippen molar-refractivity contribution >= 4 is 14.3 Å². The Balaban J connectivity index is 2.75. The van der Waals surface area contributed by atoms with Crippen LogP contribution in [-0.2, 0) is 10.8 Å². The summed E-state index contributed by atoms with van der Waals surface area (Å²) in [5.74, 6) is -0.861. The topological polar surface area (TPSA) is 46.5 Å². The lowest BCUT2D eigenvalue weighted by molar-refractivity contribution is 0.0697. The van der Waals surface area contributed by atoms with Crippen LogP contribution in [0.4, 0.5) is 0 Å². The number of hydrogen-bond donors (Lipinski definition) is 1. The van der Waals surface area contributed by atoms with Crippen LogP contribution in [0.1, 0.15) is 62.4 Å². The van der Waals surface area contributed by atoms with Gasteiger partial charge in [-0.3, -0.25) is 0 Å². The Labute approximate surface area is 142 Å². The highest BCUT2D eigenvalue weighted by Gasteiger charge is 2.32. The van der Waals surface area contributed by atoms with Crippen molar-refractivity contribution in [1.82, 2.24) is 0 Å². The second-order valence-electron chi connectivity index (χ2n) is 6.33. The summed E-state index contributed by atoms with van der Waals surface area (Å²) < 4.78 is 6.36. The van der Waals surface area contributed by atoms with Gasteiger partial charge in [0.1, 0.15) is 0 Å². The highest BCUT2D eigenvalue weighted by atomic mass is 28.4. The van der Waals surface area contributed by atoms with E-state index in [9.17, 15) is 4.79 Å². The van der Waals surface area contributed by atoms with Crippen LogP contribution in [0.5, 0.6) is 0 Å². The number of hydrogen-bond acceptors (Lipinski definition) is 2. The number of carboxylic acids is 1. The SMILES string of the molecule is CCCC[Si](CCCC)(CCc1ccc(C(=O)O)cc1)OCC. The van der Waals surface area contributed by atoms with E-state index in [1.54, 1.807) is 12.1 Å². The van der Waals surface area contributed by atoms with Crippen LogP contribution in [0.3, 0.4) is 0 Å². The predicted molar refractivity (Wildman–Crippen MR) is 98.7 cm³/mol. The molecule has 0 heterocycles. The molecule has 0 aromatic heterocycles. The molecule has 1 N–H and O–H groups in total. The van der Waals surface area contributed by atoms with E-state index in [1.807, 2.05) is 12.1 Å². The normalized spacial score (nSPS) is 11.6. The zero-order chi connectivity index (χ0) is 17.1. The molecule has 0 spiro atoms. The highest BCUT2D eigenvalue weighted by Crippen LogP contribution is 2.29. The standard InChI is InChI=1S/C19H32O3Si/c1-4-7-14-23(22-6-3,15-8-5-2)16-13-17-9-11-18(12-10-17)19(20)21/h9-12H,4-8,13-16H2,1-3H3,(H,20,21). The van der Waals surface area contributed by atoms with Crippen LogP contribution >= 0.6 is 0 Å². The lowest BCUT2D eigenvalue weighted by Gasteiger charge is -2.31. The van der Waals surface area contributed by atoms with Gasteiger partial charge < -0.3 is 9.53 Å². The van der Waals surface area contributed by atoms with Crippen molar-refractivity contribution in [1.29, 1.82) is 0 Å². The van der Waals surface area contributed by atoms with Crippen molar-refractivity contribution in [2.45, 2.75) is 71.0 Å². The van der Waals surface area contributed by atoms with Crippen LogP contribution in [0.25, 0.3) is 0 Å². The summed E-state index contributed by atoms with van der Waals surface area (Å²) in [4.78, 5) is 10.9. The third-order valence-electron chi connectivity index (χ3n) is 4.49. The van der Waals surface area contributed by atoms with Crippen LogP contribution in [0.2, 0.25) is 18.1 Å². The number of rotatable bonds is 12. The Morgan fingerprint density at radius 2 is 1.57 bits per heavy atom. The number of benzene rings is 1. The molecule has 0 aliphatic carbocycles. The lowest BCUT2D eigenvalue weighted by Crippen LogP contribution is -2.38. The molecule has 0 amide bonds. The molecule has 0 saturated carbocycles. The third-order valence-corrected chi connectivity index (χ3v) is 9.08. The maximum atomic E-state index is 10.9. The van der Waals surface area contributed by atoms with Gasteiger partial charge in [0.05, 0.1) is 5.56 Å². The zero-order valence-electron chi connectivity index (χ0n) is 14.9. The zero-order valence-corrected chi connectivity index (χ0v) is 15.9. The van der Waals surface area contributed by atoms with Crippen molar-refractivity contribution in [2.75, 3.05) is 6.61 Å². The van der Waals surface area contributed by atoms with Crippen molar-refractivity contribution < 1.29 is 14.3 Å². The number of carboxylic acid groups (broad SMARTS) is 1. The van der Waals surface area contributed by atoms with Crippen molar-refractivity contribution in [3.05, 3.63) is 35.4 Å². The summed E-state index contributed by atoms with van der Waals surface area (Å²) in [7, 11) is -1.67. The van der Waals surface area contributed by atoms with Crippen LogP contribution < -0.4 is 0 Å². The molecule has 0 unspecified atom stereocenters. The molecule has 23 heavy (non-hydrogen) atoms. The van der Waals surface area contributed by atoms with E-state index in [0.717, 1.165) is 19.1 Å². The van der Waals surface area contributed by atoms with E-state index in [1.165, 1.54) is 43.3 Å².